The van der Waals surface area contributed by atoms with Crippen LogP contribution in [0.25, 0.3) is 0 Å². The summed E-state index contributed by atoms with van der Waals surface area (Å²) in [6.07, 6.45) is 1.17. The molecule has 0 amide bonds. The van der Waals surface area contributed by atoms with Crippen molar-refractivity contribution in [3.8, 4) is 0 Å². The fourth-order valence-electron chi connectivity index (χ4n) is 2.85. The second-order valence-corrected chi connectivity index (χ2v) is 7.36. The summed E-state index contributed by atoms with van der Waals surface area (Å²) in [6, 6.07) is 9.04. The van der Waals surface area contributed by atoms with Gasteiger partial charge in [-0.15, -0.1) is 0 Å². The van der Waals surface area contributed by atoms with Gasteiger partial charge in [-0.1, -0.05) is 38.1 Å². The average molecular weight is 287 g/mol. The second kappa shape index (κ2) is 6.13. The molecule has 1 fully saturated rings. The molecule has 2 rings (SSSR count). The van der Waals surface area contributed by atoms with Crippen molar-refractivity contribution in [1.29, 1.82) is 0 Å². The van der Waals surface area contributed by atoms with E-state index in [2.05, 4.69) is 70.4 Å². The molecule has 1 aromatic rings. The van der Waals surface area contributed by atoms with Crippen molar-refractivity contribution in [2.75, 3.05) is 13.1 Å². The van der Waals surface area contributed by atoms with E-state index in [1.165, 1.54) is 17.5 Å². The molecule has 1 aromatic carbocycles. The number of benzene rings is 1. The molecule has 21 heavy (non-hydrogen) atoms. The van der Waals surface area contributed by atoms with Crippen LogP contribution in [0, 0.1) is 0 Å². The summed E-state index contributed by atoms with van der Waals surface area (Å²) < 4.78 is 5.90. The third-order valence-electron chi connectivity index (χ3n) is 4.01. The summed E-state index contributed by atoms with van der Waals surface area (Å²) in [5.41, 5.74) is 2.70. The topological polar surface area (TPSA) is 12.5 Å². The van der Waals surface area contributed by atoms with Gasteiger partial charge in [-0.3, -0.25) is 0 Å². The first-order valence-corrected chi connectivity index (χ1v) is 7.99. The fraction of sp³-hybridized carbons (Fsp3) is 0.579. The first kappa shape index (κ1) is 15.9. The van der Waals surface area contributed by atoms with Crippen LogP contribution in [-0.2, 0) is 4.74 Å². The molecule has 1 aliphatic rings. The molecule has 116 valence electrons. The van der Waals surface area contributed by atoms with Gasteiger partial charge in [0.1, 0.15) is 5.60 Å². The maximum Gasteiger partial charge on any atom is 0.182 e. The zero-order valence-electron chi connectivity index (χ0n) is 14.1. The van der Waals surface area contributed by atoms with Crippen LogP contribution >= 0.6 is 0 Å². The lowest BCUT2D eigenvalue weighted by Gasteiger charge is -2.28. The van der Waals surface area contributed by atoms with Gasteiger partial charge in [0.15, 0.2) is 5.88 Å². The Morgan fingerprint density at radius 1 is 1.33 bits per heavy atom. The van der Waals surface area contributed by atoms with Crippen LogP contribution in [0.1, 0.15) is 64.0 Å². The van der Waals surface area contributed by atoms with Crippen molar-refractivity contribution in [1.82, 2.24) is 4.90 Å². The molecule has 0 radical (unpaired) electrons. The van der Waals surface area contributed by atoms with Crippen LogP contribution in [-0.4, -0.2) is 23.6 Å². The van der Waals surface area contributed by atoms with E-state index < -0.39 is 0 Å². The van der Waals surface area contributed by atoms with Gasteiger partial charge in [0.05, 0.1) is 0 Å². The van der Waals surface area contributed by atoms with Crippen LogP contribution in [0.5, 0.6) is 0 Å². The van der Waals surface area contributed by atoms with Gasteiger partial charge in [-0.25, -0.2) is 0 Å². The lowest BCUT2D eigenvalue weighted by atomic mass is 9.93. The van der Waals surface area contributed by atoms with Crippen LogP contribution in [0.4, 0.5) is 0 Å². The predicted octanol–water partition coefficient (Wildman–Crippen LogP) is 4.89. The molecule has 0 N–H and O–H groups in total. The minimum absolute atomic E-state index is 0.174. The summed E-state index contributed by atoms with van der Waals surface area (Å²) in [5.74, 6) is 1.98. The average Bonchev–Trinajstić information content (AvgIpc) is 2.86. The third-order valence-corrected chi connectivity index (χ3v) is 4.01. The molecule has 0 bridgehead atoms. The molecule has 1 heterocycles. The van der Waals surface area contributed by atoms with Gasteiger partial charge in [-0.2, -0.15) is 0 Å². The molecule has 1 aliphatic heterocycles. The molecule has 0 aromatic heterocycles. The molecule has 1 atom stereocenters. The summed E-state index contributed by atoms with van der Waals surface area (Å²) in [4.78, 5) is 2.28. The van der Waals surface area contributed by atoms with E-state index >= 15 is 0 Å². The highest BCUT2D eigenvalue weighted by Crippen LogP contribution is 2.31. The number of rotatable bonds is 4. The fourth-order valence-corrected chi connectivity index (χ4v) is 2.85. The smallest absolute Gasteiger partial charge is 0.182 e. The number of hydrogen-bond donors (Lipinski definition) is 0. The normalized spacial score (nSPS) is 19.1. The van der Waals surface area contributed by atoms with E-state index in [0.717, 1.165) is 19.0 Å². The lowest BCUT2D eigenvalue weighted by molar-refractivity contribution is 0.00861. The Morgan fingerprint density at radius 2 is 2.05 bits per heavy atom. The minimum Gasteiger partial charge on any atom is -0.474 e. The van der Waals surface area contributed by atoms with Crippen LogP contribution in [0.15, 0.2) is 36.7 Å². The standard InChI is InChI=1S/C19H29NO/c1-14(2)16-8-7-9-17(12-16)18-10-11-20(13-18)15(3)21-19(4,5)6/h7-9,12,14,18H,3,10-11,13H2,1-2,4-6H3. The van der Waals surface area contributed by atoms with Gasteiger partial charge < -0.3 is 9.64 Å². The Hall–Kier alpha value is -1.44. The molecule has 0 aliphatic carbocycles. The minimum atomic E-state index is -0.174. The highest BCUT2D eigenvalue weighted by Gasteiger charge is 2.27. The van der Waals surface area contributed by atoms with Gasteiger partial charge >= 0.3 is 0 Å². The Morgan fingerprint density at radius 3 is 2.67 bits per heavy atom. The molecule has 0 spiro atoms. The van der Waals surface area contributed by atoms with Crippen molar-refractivity contribution >= 4 is 0 Å². The monoisotopic (exact) mass is 287 g/mol. The van der Waals surface area contributed by atoms with E-state index in [0.29, 0.717) is 11.8 Å². The zero-order valence-corrected chi connectivity index (χ0v) is 14.1. The van der Waals surface area contributed by atoms with Gasteiger partial charge in [-0.05, 0) is 50.8 Å². The van der Waals surface area contributed by atoms with Crippen molar-refractivity contribution in [3.05, 3.63) is 47.9 Å². The first-order valence-electron chi connectivity index (χ1n) is 7.99. The highest BCUT2D eigenvalue weighted by atomic mass is 16.5. The second-order valence-electron chi connectivity index (χ2n) is 7.36. The van der Waals surface area contributed by atoms with Crippen molar-refractivity contribution in [2.24, 2.45) is 0 Å². The zero-order chi connectivity index (χ0) is 15.6. The maximum absolute atomic E-state index is 5.90. The van der Waals surface area contributed by atoms with Crippen molar-refractivity contribution in [2.45, 2.75) is 58.5 Å². The molecule has 2 heteroatoms. The molecule has 1 saturated heterocycles. The quantitative estimate of drug-likeness (QED) is 0.731. The summed E-state index contributed by atoms with van der Waals surface area (Å²) in [6.45, 7) is 16.8. The molecular weight excluding hydrogens is 258 g/mol. The largest absolute Gasteiger partial charge is 0.474 e. The first-order chi connectivity index (χ1) is 9.76. The molecular formula is C19H29NO. The van der Waals surface area contributed by atoms with Crippen LogP contribution in [0.2, 0.25) is 0 Å². The molecule has 2 nitrogen and oxygen atoms in total. The number of hydrogen-bond acceptors (Lipinski definition) is 2. The Labute approximate surface area is 129 Å². The van der Waals surface area contributed by atoms with E-state index in [1.807, 2.05) is 0 Å². The number of ether oxygens (including phenoxy) is 1. The maximum atomic E-state index is 5.90. The van der Waals surface area contributed by atoms with Crippen LogP contribution in [0.3, 0.4) is 0 Å². The van der Waals surface area contributed by atoms with E-state index in [9.17, 15) is 0 Å². The highest BCUT2D eigenvalue weighted by molar-refractivity contribution is 5.29. The SMILES string of the molecule is C=C(OC(C)(C)C)N1CCC(c2cccc(C(C)C)c2)C1. The van der Waals surface area contributed by atoms with E-state index in [4.69, 9.17) is 4.74 Å². The number of likely N-dealkylation sites (tertiary alicyclic amines) is 1. The third kappa shape index (κ3) is 4.26. The van der Waals surface area contributed by atoms with E-state index in [-0.39, 0.29) is 5.60 Å². The predicted molar refractivity (Wildman–Crippen MR) is 89.4 cm³/mol. The van der Waals surface area contributed by atoms with Gasteiger partial charge in [0, 0.05) is 19.0 Å². The Balaban J connectivity index is 2.02. The summed E-state index contributed by atoms with van der Waals surface area (Å²) in [5, 5.41) is 0. The van der Waals surface area contributed by atoms with Crippen LogP contribution < -0.4 is 0 Å². The molecule has 0 saturated carbocycles. The Kier molecular flexibility index (Phi) is 4.65. The Bertz CT molecular complexity index is 499. The molecule has 1 unspecified atom stereocenters. The summed E-state index contributed by atoms with van der Waals surface area (Å²) >= 11 is 0. The summed E-state index contributed by atoms with van der Waals surface area (Å²) in [7, 11) is 0. The van der Waals surface area contributed by atoms with Gasteiger partial charge in [0.2, 0.25) is 0 Å². The lowest BCUT2D eigenvalue weighted by Crippen LogP contribution is -2.28. The van der Waals surface area contributed by atoms with Crippen molar-refractivity contribution in [3.63, 3.8) is 0 Å². The number of nitrogens with zero attached hydrogens (tertiary/aromatic N) is 1. The van der Waals surface area contributed by atoms with Gasteiger partial charge in [0.25, 0.3) is 0 Å². The van der Waals surface area contributed by atoms with E-state index in [1.54, 1.807) is 0 Å². The van der Waals surface area contributed by atoms with Crippen molar-refractivity contribution < 1.29 is 4.74 Å².